The average molecular weight is 529 g/mol. The summed E-state index contributed by atoms with van der Waals surface area (Å²) in [4.78, 5) is 33.6. The van der Waals surface area contributed by atoms with E-state index in [1.807, 2.05) is 0 Å². The summed E-state index contributed by atoms with van der Waals surface area (Å²) in [6.07, 6.45) is 4.59. The molecule has 0 radical (unpaired) electrons. The van der Waals surface area contributed by atoms with Gasteiger partial charge in [-0.25, -0.2) is 13.8 Å². The number of pyridine rings is 1. The second kappa shape index (κ2) is 8.86. The fraction of sp³-hybridized carbons (Fsp3) is 0.310. The van der Waals surface area contributed by atoms with Crippen LogP contribution in [0.15, 0.2) is 48.7 Å². The molecule has 2 N–H and O–H groups in total. The molecule has 2 fully saturated rings. The molecular formula is C29H26F2N6O2. The van der Waals surface area contributed by atoms with Gasteiger partial charge in [-0.2, -0.15) is 5.10 Å². The van der Waals surface area contributed by atoms with E-state index in [9.17, 15) is 14.0 Å². The van der Waals surface area contributed by atoms with Gasteiger partial charge in [0.1, 0.15) is 24.0 Å². The summed E-state index contributed by atoms with van der Waals surface area (Å²) in [7, 11) is 0. The highest BCUT2D eigenvalue weighted by Crippen LogP contribution is 2.43. The number of likely N-dealkylation sites (tertiary alicyclic amines) is 1. The normalized spacial score (nSPS) is 17.0. The van der Waals surface area contributed by atoms with E-state index in [4.69, 9.17) is 5.73 Å². The molecular weight excluding hydrogens is 502 g/mol. The number of hydrogen-bond acceptors (Lipinski definition) is 5. The molecule has 0 spiro atoms. The van der Waals surface area contributed by atoms with Gasteiger partial charge >= 0.3 is 0 Å². The minimum absolute atomic E-state index is 0.141. The molecule has 2 aromatic carbocycles. The number of anilines is 2. The quantitative estimate of drug-likeness (QED) is 0.422. The monoisotopic (exact) mass is 528 g/mol. The van der Waals surface area contributed by atoms with Crippen LogP contribution in [0, 0.1) is 11.6 Å². The average Bonchev–Trinajstić information content (AvgIpc) is 3.56. The van der Waals surface area contributed by atoms with Crippen LogP contribution in [-0.4, -0.2) is 51.1 Å². The number of hydrogen-bond donors (Lipinski definition) is 1. The van der Waals surface area contributed by atoms with Crippen molar-refractivity contribution in [1.82, 2.24) is 19.7 Å². The molecule has 1 aliphatic carbocycles. The van der Waals surface area contributed by atoms with Crippen LogP contribution in [0.5, 0.6) is 0 Å². The summed E-state index contributed by atoms with van der Waals surface area (Å²) in [6, 6.07) is 11.5. The summed E-state index contributed by atoms with van der Waals surface area (Å²) >= 11 is 0. The standard InChI is InChI=1S/C29H26F2N6O2/c30-21-11-22(31)27-24(12-21)37(15-26(38)36-8-6-17-3-4-18(9-23(17)36)16-1-2-16)34-28(27)20-13-35(14-20)29(39)19-5-7-33-25(32)10-19/h3-5,7,9-12,16,20H,1-2,6,8,13-15H2,(H2,32,33). The first-order chi connectivity index (χ1) is 18.9. The van der Waals surface area contributed by atoms with Gasteiger partial charge in [-0.3, -0.25) is 14.3 Å². The third kappa shape index (κ3) is 4.10. The molecule has 10 heteroatoms. The lowest BCUT2D eigenvalue weighted by Gasteiger charge is -2.38. The van der Waals surface area contributed by atoms with Gasteiger partial charge in [0.05, 0.1) is 16.6 Å². The van der Waals surface area contributed by atoms with E-state index in [1.165, 1.54) is 41.4 Å². The van der Waals surface area contributed by atoms with Gasteiger partial charge in [0, 0.05) is 55.1 Å². The van der Waals surface area contributed by atoms with Crippen molar-refractivity contribution in [2.24, 2.45) is 0 Å². The van der Waals surface area contributed by atoms with E-state index in [2.05, 4.69) is 28.3 Å². The Morgan fingerprint density at radius 3 is 2.62 bits per heavy atom. The maximum absolute atomic E-state index is 15.1. The van der Waals surface area contributed by atoms with E-state index in [-0.39, 0.29) is 41.0 Å². The highest BCUT2D eigenvalue weighted by molar-refractivity contribution is 5.97. The Morgan fingerprint density at radius 2 is 1.85 bits per heavy atom. The number of nitrogen functional groups attached to an aromatic ring is 1. The molecule has 2 amide bonds. The molecule has 7 rings (SSSR count). The Labute approximate surface area is 223 Å². The van der Waals surface area contributed by atoms with E-state index in [0.717, 1.165) is 23.7 Å². The molecule has 2 aromatic heterocycles. The lowest BCUT2D eigenvalue weighted by molar-refractivity contribution is -0.119. The van der Waals surface area contributed by atoms with Crippen molar-refractivity contribution in [3.05, 3.63) is 82.7 Å². The van der Waals surface area contributed by atoms with Crippen molar-refractivity contribution < 1.29 is 18.4 Å². The largest absolute Gasteiger partial charge is 0.384 e. The van der Waals surface area contributed by atoms with Crippen molar-refractivity contribution in [2.75, 3.05) is 30.3 Å². The number of halogens is 2. The SMILES string of the molecule is Nc1cc(C(=O)N2CC(c3nn(CC(=O)N4CCc5ccc(C6CC6)cc54)c4cc(F)cc(F)c34)C2)ccn1. The highest BCUT2D eigenvalue weighted by atomic mass is 19.1. The number of carbonyl (C=O) groups is 2. The highest BCUT2D eigenvalue weighted by Gasteiger charge is 2.37. The van der Waals surface area contributed by atoms with Crippen molar-refractivity contribution in [2.45, 2.75) is 37.6 Å². The molecule has 1 saturated carbocycles. The lowest BCUT2D eigenvalue weighted by Crippen LogP contribution is -2.48. The van der Waals surface area contributed by atoms with Crippen molar-refractivity contribution in [3.8, 4) is 0 Å². The molecule has 0 atom stereocenters. The van der Waals surface area contributed by atoms with E-state index in [1.54, 1.807) is 15.9 Å². The maximum Gasteiger partial charge on any atom is 0.254 e. The first-order valence-corrected chi connectivity index (χ1v) is 13.1. The zero-order chi connectivity index (χ0) is 26.8. The van der Waals surface area contributed by atoms with Crippen LogP contribution < -0.4 is 10.6 Å². The lowest BCUT2D eigenvalue weighted by atomic mass is 9.93. The number of aromatic nitrogens is 3. The van der Waals surface area contributed by atoms with E-state index >= 15 is 4.39 Å². The molecule has 39 heavy (non-hydrogen) atoms. The number of rotatable bonds is 5. The number of nitrogens with zero attached hydrogens (tertiary/aromatic N) is 5. The molecule has 2 aliphatic heterocycles. The maximum atomic E-state index is 15.1. The van der Waals surface area contributed by atoms with Crippen LogP contribution in [0.2, 0.25) is 0 Å². The Kier molecular flexibility index (Phi) is 5.40. The number of carbonyl (C=O) groups excluding carboxylic acids is 2. The van der Waals surface area contributed by atoms with Gasteiger partial charge in [-0.05, 0) is 54.5 Å². The molecule has 3 aliphatic rings. The second-order valence-electron chi connectivity index (χ2n) is 10.7. The van der Waals surface area contributed by atoms with Crippen LogP contribution in [0.1, 0.15) is 51.9 Å². The van der Waals surface area contributed by atoms with Crippen LogP contribution in [0.3, 0.4) is 0 Å². The van der Waals surface area contributed by atoms with Crippen LogP contribution in [0.4, 0.5) is 20.3 Å². The fourth-order valence-corrected chi connectivity index (χ4v) is 5.78. The van der Waals surface area contributed by atoms with Crippen molar-refractivity contribution in [1.29, 1.82) is 0 Å². The van der Waals surface area contributed by atoms with Gasteiger partial charge in [0.2, 0.25) is 5.91 Å². The van der Waals surface area contributed by atoms with Crippen molar-refractivity contribution in [3.63, 3.8) is 0 Å². The van der Waals surface area contributed by atoms with E-state index < -0.39 is 11.6 Å². The first kappa shape index (κ1) is 23.8. The van der Waals surface area contributed by atoms with Crippen molar-refractivity contribution >= 4 is 34.2 Å². The number of fused-ring (bicyclic) bond motifs is 2. The molecule has 1 saturated heterocycles. The molecule has 8 nitrogen and oxygen atoms in total. The number of nitrogens with two attached hydrogens (primary N) is 1. The van der Waals surface area contributed by atoms with Crippen LogP contribution in [0.25, 0.3) is 10.9 Å². The summed E-state index contributed by atoms with van der Waals surface area (Å²) in [5.41, 5.74) is 10.1. The molecule has 4 heterocycles. The molecule has 0 unspecified atom stereocenters. The van der Waals surface area contributed by atoms with Gasteiger partial charge < -0.3 is 15.5 Å². The molecule has 4 aromatic rings. The summed E-state index contributed by atoms with van der Waals surface area (Å²) in [5, 5.41) is 4.80. The summed E-state index contributed by atoms with van der Waals surface area (Å²) < 4.78 is 30.8. The smallest absolute Gasteiger partial charge is 0.254 e. The minimum Gasteiger partial charge on any atom is -0.384 e. The Balaban J connectivity index is 1.15. The summed E-state index contributed by atoms with van der Waals surface area (Å²) in [6.45, 7) is 1.07. The zero-order valence-electron chi connectivity index (χ0n) is 21.1. The zero-order valence-corrected chi connectivity index (χ0v) is 21.1. The predicted molar refractivity (Wildman–Crippen MR) is 141 cm³/mol. The Hall–Kier alpha value is -4.34. The Bertz CT molecular complexity index is 1660. The number of benzene rings is 2. The van der Waals surface area contributed by atoms with E-state index in [0.29, 0.717) is 36.8 Å². The minimum atomic E-state index is -0.735. The topological polar surface area (TPSA) is 97.3 Å². The number of amides is 2. The van der Waals surface area contributed by atoms with Crippen LogP contribution in [-0.2, 0) is 17.8 Å². The van der Waals surface area contributed by atoms with Gasteiger partial charge in [0.15, 0.2) is 0 Å². The van der Waals surface area contributed by atoms with Crippen LogP contribution >= 0.6 is 0 Å². The Morgan fingerprint density at radius 1 is 1.03 bits per heavy atom. The second-order valence-corrected chi connectivity index (χ2v) is 10.7. The fourth-order valence-electron chi connectivity index (χ4n) is 5.78. The van der Waals surface area contributed by atoms with Gasteiger partial charge in [-0.1, -0.05) is 12.1 Å². The predicted octanol–water partition coefficient (Wildman–Crippen LogP) is 4.00. The van der Waals surface area contributed by atoms with Gasteiger partial charge in [-0.15, -0.1) is 0 Å². The molecule has 198 valence electrons. The van der Waals surface area contributed by atoms with Gasteiger partial charge in [0.25, 0.3) is 5.91 Å². The third-order valence-corrected chi connectivity index (χ3v) is 8.02. The molecule has 0 bridgehead atoms. The first-order valence-electron chi connectivity index (χ1n) is 13.1. The third-order valence-electron chi connectivity index (χ3n) is 8.02. The summed E-state index contributed by atoms with van der Waals surface area (Å²) in [5.74, 6) is -1.28.